The van der Waals surface area contributed by atoms with Crippen molar-refractivity contribution in [1.82, 2.24) is 4.72 Å². The first kappa shape index (κ1) is 17.2. The number of hydrogen-bond donors (Lipinski definition) is 1. The molecule has 1 aliphatic rings. The van der Waals surface area contributed by atoms with Crippen LogP contribution < -0.4 is 9.46 Å². The van der Waals surface area contributed by atoms with Crippen LogP contribution in [0.4, 0.5) is 4.39 Å². The minimum absolute atomic E-state index is 0.0472. The fourth-order valence-electron chi connectivity index (χ4n) is 2.40. The monoisotopic (exact) mass is 331 g/mol. The van der Waals surface area contributed by atoms with Crippen molar-refractivity contribution in [3.63, 3.8) is 0 Å². The Hall–Kier alpha value is -1.18. The molecule has 0 saturated heterocycles. The van der Waals surface area contributed by atoms with Gasteiger partial charge >= 0.3 is 0 Å². The van der Waals surface area contributed by atoms with E-state index in [-0.39, 0.29) is 30.3 Å². The molecule has 1 aromatic rings. The third-order valence-corrected chi connectivity index (χ3v) is 4.98. The molecule has 0 saturated carbocycles. The van der Waals surface area contributed by atoms with Crippen molar-refractivity contribution in [3.05, 3.63) is 29.1 Å². The van der Waals surface area contributed by atoms with Gasteiger partial charge in [0, 0.05) is 12.1 Å². The zero-order chi connectivity index (χ0) is 16.4. The summed E-state index contributed by atoms with van der Waals surface area (Å²) in [5.41, 5.74) is 0.986. The van der Waals surface area contributed by atoms with Crippen LogP contribution in [0.1, 0.15) is 31.9 Å². The molecular weight excluding hydrogens is 309 g/mol. The maximum Gasteiger partial charge on any atom is 0.212 e. The van der Waals surface area contributed by atoms with Crippen LogP contribution in [0.2, 0.25) is 0 Å². The Bertz CT molecular complexity index is 638. The van der Waals surface area contributed by atoms with Gasteiger partial charge in [0.1, 0.15) is 11.6 Å². The lowest BCUT2D eigenvalue weighted by molar-refractivity contribution is -0.0172. The predicted molar refractivity (Wildman–Crippen MR) is 81.6 cm³/mol. The van der Waals surface area contributed by atoms with Crippen LogP contribution in [-0.2, 0) is 27.8 Å². The molecule has 124 valence electrons. The van der Waals surface area contributed by atoms with Gasteiger partial charge in [-0.05, 0) is 29.5 Å². The smallest absolute Gasteiger partial charge is 0.212 e. The maximum atomic E-state index is 13.6. The second-order valence-corrected chi connectivity index (χ2v) is 8.43. The Kier molecular flexibility index (Phi) is 5.09. The van der Waals surface area contributed by atoms with Crippen LogP contribution in [0.15, 0.2) is 12.1 Å². The van der Waals surface area contributed by atoms with E-state index in [4.69, 9.17) is 9.47 Å². The largest absolute Gasteiger partial charge is 0.467 e. The molecule has 22 heavy (non-hydrogen) atoms. The highest BCUT2D eigenvalue weighted by Crippen LogP contribution is 2.29. The van der Waals surface area contributed by atoms with E-state index in [1.165, 1.54) is 12.1 Å². The predicted octanol–water partition coefficient (Wildman–Crippen LogP) is 2.20. The minimum Gasteiger partial charge on any atom is -0.467 e. The van der Waals surface area contributed by atoms with Gasteiger partial charge in [0.25, 0.3) is 0 Å². The van der Waals surface area contributed by atoms with Gasteiger partial charge in [-0.25, -0.2) is 17.5 Å². The Morgan fingerprint density at radius 1 is 1.32 bits per heavy atom. The molecule has 0 radical (unpaired) electrons. The number of halogens is 1. The number of ether oxygens (including phenoxy) is 2. The highest BCUT2D eigenvalue weighted by atomic mass is 32.2. The molecule has 0 aliphatic carbocycles. The molecule has 1 N–H and O–H groups in total. The van der Waals surface area contributed by atoms with E-state index in [1.54, 1.807) is 0 Å². The van der Waals surface area contributed by atoms with E-state index >= 15 is 0 Å². The number of benzene rings is 1. The number of rotatable bonds is 5. The molecule has 0 aromatic heterocycles. The Balaban J connectivity index is 2.02. The second kappa shape index (κ2) is 6.52. The molecule has 0 fully saturated rings. The fourth-order valence-corrected chi connectivity index (χ4v) is 4.06. The molecule has 1 aromatic carbocycles. The van der Waals surface area contributed by atoms with Gasteiger partial charge in [0.05, 0.1) is 12.4 Å². The van der Waals surface area contributed by atoms with E-state index in [0.29, 0.717) is 29.9 Å². The first-order valence-corrected chi connectivity index (χ1v) is 8.81. The quantitative estimate of drug-likeness (QED) is 0.898. The minimum atomic E-state index is -3.35. The second-order valence-electron chi connectivity index (χ2n) is 6.63. The van der Waals surface area contributed by atoms with Gasteiger partial charge in [-0.1, -0.05) is 20.8 Å². The van der Waals surface area contributed by atoms with Gasteiger partial charge in [-0.15, -0.1) is 0 Å². The van der Waals surface area contributed by atoms with Gasteiger partial charge < -0.3 is 9.47 Å². The van der Waals surface area contributed by atoms with Crippen LogP contribution in [0.3, 0.4) is 0 Å². The molecule has 0 unspecified atom stereocenters. The zero-order valence-corrected chi connectivity index (χ0v) is 13.9. The first-order valence-electron chi connectivity index (χ1n) is 7.15. The van der Waals surface area contributed by atoms with E-state index < -0.39 is 10.0 Å². The Morgan fingerprint density at radius 2 is 2.05 bits per heavy atom. The van der Waals surface area contributed by atoms with Gasteiger partial charge in [0.15, 0.2) is 6.79 Å². The number of fused-ring (bicyclic) bond motifs is 1. The van der Waals surface area contributed by atoms with E-state index in [9.17, 15) is 12.8 Å². The van der Waals surface area contributed by atoms with E-state index in [0.717, 1.165) is 0 Å². The van der Waals surface area contributed by atoms with Crippen molar-refractivity contribution < 1.29 is 22.3 Å². The van der Waals surface area contributed by atoms with Crippen LogP contribution in [0.5, 0.6) is 5.75 Å². The molecule has 0 spiro atoms. The lowest BCUT2D eigenvalue weighted by atomic mass is 10.0. The van der Waals surface area contributed by atoms with Crippen molar-refractivity contribution >= 4 is 10.0 Å². The molecular formula is C15H22FNO4S. The first-order chi connectivity index (χ1) is 10.2. The van der Waals surface area contributed by atoms with Crippen LogP contribution in [-0.4, -0.2) is 27.5 Å². The van der Waals surface area contributed by atoms with E-state index in [1.807, 2.05) is 20.8 Å². The van der Waals surface area contributed by atoms with Crippen molar-refractivity contribution in [3.8, 4) is 5.75 Å². The van der Waals surface area contributed by atoms with Crippen LogP contribution in [0, 0.1) is 11.2 Å². The summed E-state index contributed by atoms with van der Waals surface area (Å²) in [6, 6.07) is 2.75. The molecule has 0 atom stereocenters. The standard InChI is InChI=1S/C15H22FNO4S/c1-15(2,3)9-22(18,19)17-5-4-11-6-13(16)7-12-8-20-10-21-14(11)12/h6-7,17H,4-5,8-10H2,1-3H3. The van der Waals surface area contributed by atoms with Gasteiger partial charge in [-0.3, -0.25) is 0 Å². The number of sulfonamides is 1. The fraction of sp³-hybridized carbons (Fsp3) is 0.600. The number of nitrogens with one attached hydrogen (secondary N) is 1. The molecule has 1 heterocycles. The van der Waals surface area contributed by atoms with Crippen LogP contribution in [0.25, 0.3) is 0 Å². The Labute approximate surface area is 130 Å². The third-order valence-electron chi connectivity index (χ3n) is 3.09. The molecule has 5 nitrogen and oxygen atoms in total. The summed E-state index contributed by atoms with van der Waals surface area (Å²) in [6.45, 7) is 6.23. The van der Waals surface area contributed by atoms with Gasteiger partial charge in [-0.2, -0.15) is 0 Å². The molecule has 1 aliphatic heterocycles. The average Bonchev–Trinajstić information content (AvgIpc) is 2.35. The van der Waals surface area contributed by atoms with Crippen molar-refractivity contribution in [2.24, 2.45) is 5.41 Å². The third kappa shape index (κ3) is 4.93. The highest BCUT2D eigenvalue weighted by Gasteiger charge is 2.22. The SMILES string of the molecule is CC(C)(C)CS(=O)(=O)NCCc1cc(F)cc2c1OCOC2. The summed E-state index contributed by atoms with van der Waals surface area (Å²) in [6.07, 6.45) is 0.365. The number of hydrogen-bond acceptors (Lipinski definition) is 4. The highest BCUT2D eigenvalue weighted by molar-refractivity contribution is 7.89. The summed E-state index contributed by atoms with van der Waals surface area (Å²) in [5.74, 6) is 0.272. The summed E-state index contributed by atoms with van der Waals surface area (Å²) in [4.78, 5) is 0. The maximum absolute atomic E-state index is 13.6. The summed E-state index contributed by atoms with van der Waals surface area (Å²) in [5, 5.41) is 0. The summed E-state index contributed by atoms with van der Waals surface area (Å²) < 4.78 is 50.6. The average molecular weight is 331 g/mol. The molecule has 2 rings (SSSR count). The molecule has 0 bridgehead atoms. The Morgan fingerprint density at radius 3 is 2.73 bits per heavy atom. The summed E-state index contributed by atoms with van der Waals surface area (Å²) in [7, 11) is -3.35. The van der Waals surface area contributed by atoms with Crippen molar-refractivity contribution in [2.45, 2.75) is 33.8 Å². The van der Waals surface area contributed by atoms with E-state index in [2.05, 4.69) is 4.72 Å². The summed E-state index contributed by atoms with van der Waals surface area (Å²) >= 11 is 0. The van der Waals surface area contributed by atoms with Crippen molar-refractivity contribution in [1.29, 1.82) is 0 Å². The van der Waals surface area contributed by atoms with Crippen molar-refractivity contribution in [2.75, 3.05) is 19.1 Å². The van der Waals surface area contributed by atoms with Gasteiger partial charge in [0.2, 0.25) is 10.0 Å². The van der Waals surface area contributed by atoms with Crippen LogP contribution >= 0.6 is 0 Å². The topological polar surface area (TPSA) is 64.6 Å². The normalized spacial score (nSPS) is 15.3. The molecule has 0 amide bonds. The zero-order valence-electron chi connectivity index (χ0n) is 13.1. The lowest BCUT2D eigenvalue weighted by Crippen LogP contribution is -2.33. The lowest BCUT2D eigenvalue weighted by Gasteiger charge is -2.21. The molecule has 7 heteroatoms.